The summed E-state index contributed by atoms with van der Waals surface area (Å²) in [5, 5.41) is 0.365. The maximum Gasteiger partial charge on any atom is 0.427 e. The Morgan fingerprint density at radius 2 is 2.00 bits per heavy atom. The maximum atomic E-state index is 12.3. The van der Waals surface area contributed by atoms with E-state index in [0.29, 0.717) is 41.1 Å². The van der Waals surface area contributed by atoms with E-state index in [2.05, 4.69) is 4.98 Å². The van der Waals surface area contributed by atoms with Crippen LogP contribution in [0.5, 0.6) is 0 Å². The average molecular weight is 270 g/mol. The number of halogens is 3. The monoisotopic (exact) mass is 270 g/mol. The Labute approximate surface area is 96.7 Å². The molecular formula is C8H9F3N2OS2. The Kier molecular flexibility index (Phi) is 3.20. The highest BCUT2D eigenvalue weighted by atomic mass is 32.2. The van der Waals surface area contributed by atoms with Crippen LogP contribution < -0.4 is 4.90 Å². The van der Waals surface area contributed by atoms with E-state index >= 15 is 0 Å². The second kappa shape index (κ2) is 4.33. The average Bonchev–Trinajstić information content (AvgIpc) is 2.67. The van der Waals surface area contributed by atoms with Crippen LogP contribution in [0.25, 0.3) is 0 Å². The van der Waals surface area contributed by atoms with Gasteiger partial charge in [0, 0.05) is 35.4 Å². The van der Waals surface area contributed by atoms with Gasteiger partial charge in [-0.2, -0.15) is 13.2 Å². The molecule has 8 heteroatoms. The smallest absolute Gasteiger partial charge is 0.346 e. The maximum absolute atomic E-state index is 12.3. The van der Waals surface area contributed by atoms with E-state index in [0.717, 1.165) is 6.20 Å². The van der Waals surface area contributed by atoms with Crippen molar-refractivity contribution in [1.29, 1.82) is 0 Å². The Balaban J connectivity index is 2.10. The Bertz CT molecular complexity index is 394. The van der Waals surface area contributed by atoms with Gasteiger partial charge in [-0.3, -0.25) is 4.21 Å². The van der Waals surface area contributed by atoms with Gasteiger partial charge >= 0.3 is 6.18 Å². The number of anilines is 1. The number of aromatic nitrogens is 1. The van der Waals surface area contributed by atoms with Crippen molar-refractivity contribution in [2.45, 2.75) is 6.18 Å². The van der Waals surface area contributed by atoms with E-state index in [4.69, 9.17) is 0 Å². The van der Waals surface area contributed by atoms with Gasteiger partial charge in [0.1, 0.15) is 4.88 Å². The summed E-state index contributed by atoms with van der Waals surface area (Å²) in [5.41, 5.74) is 0. The van der Waals surface area contributed by atoms with Gasteiger partial charge in [-0.05, 0) is 0 Å². The van der Waals surface area contributed by atoms with Crippen LogP contribution in [-0.2, 0) is 17.0 Å². The highest BCUT2D eigenvalue weighted by Gasteiger charge is 2.34. The van der Waals surface area contributed by atoms with Crippen molar-refractivity contribution < 1.29 is 17.4 Å². The van der Waals surface area contributed by atoms with Crippen molar-refractivity contribution >= 4 is 27.3 Å². The molecule has 2 heterocycles. The third-order valence-corrected chi connectivity index (χ3v) is 4.60. The van der Waals surface area contributed by atoms with Crippen molar-refractivity contribution in [1.82, 2.24) is 4.98 Å². The Morgan fingerprint density at radius 1 is 1.38 bits per heavy atom. The molecule has 2 rings (SSSR count). The minimum absolute atomic E-state index is 0.365. The van der Waals surface area contributed by atoms with Crippen LogP contribution >= 0.6 is 11.3 Å². The molecule has 1 aliphatic rings. The topological polar surface area (TPSA) is 33.2 Å². The summed E-state index contributed by atoms with van der Waals surface area (Å²) in [7, 11) is -0.832. The molecule has 90 valence electrons. The van der Waals surface area contributed by atoms with Crippen LogP contribution in [0.4, 0.5) is 18.3 Å². The fourth-order valence-corrected chi connectivity index (χ4v) is 3.26. The van der Waals surface area contributed by atoms with Crippen molar-refractivity contribution in [3.8, 4) is 0 Å². The first-order valence-electron chi connectivity index (χ1n) is 4.60. The van der Waals surface area contributed by atoms with Crippen molar-refractivity contribution in [2.75, 3.05) is 29.5 Å². The number of rotatable bonds is 1. The molecule has 0 saturated carbocycles. The largest absolute Gasteiger partial charge is 0.427 e. The molecule has 1 aromatic heterocycles. The van der Waals surface area contributed by atoms with E-state index in [1.165, 1.54) is 0 Å². The van der Waals surface area contributed by atoms with Gasteiger partial charge in [-0.15, -0.1) is 0 Å². The van der Waals surface area contributed by atoms with Crippen LogP contribution in [0.3, 0.4) is 0 Å². The molecule has 0 atom stereocenters. The number of nitrogens with zero attached hydrogens (tertiary/aromatic N) is 2. The molecule has 0 bridgehead atoms. The molecule has 3 nitrogen and oxygen atoms in total. The lowest BCUT2D eigenvalue weighted by Gasteiger charge is -2.25. The Hall–Kier alpha value is -0.630. The highest BCUT2D eigenvalue weighted by molar-refractivity contribution is 7.85. The molecule has 1 aromatic rings. The van der Waals surface area contributed by atoms with Crippen LogP contribution in [0.15, 0.2) is 6.20 Å². The number of thiazole rings is 1. The normalized spacial score (nSPS) is 19.1. The molecule has 0 amide bonds. The predicted molar refractivity (Wildman–Crippen MR) is 57.2 cm³/mol. The summed E-state index contributed by atoms with van der Waals surface area (Å²) in [6.07, 6.45) is -3.47. The van der Waals surface area contributed by atoms with Crippen LogP contribution in [-0.4, -0.2) is 33.8 Å². The summed E-state index contributed by atoms with van der Waals surface area (Å²) < 4.78 is 48.1. The zero-order valence-corrected chi connectivity index (χ0v) is 9.79. The second-order valence-electron chi connectivity index (χ2n) is 3.34. The predicted octanol–water partition coefficient (Wildman–Crippen LogP) is 1.73. The summed E-state index contributed by atoms with van der Waals surface area (Å²) in [6.45, 7) is 1.02. The first-order chi connectivity index (χ1) is 7.47. The second-order valence-corrected chi connectivity index (χ2v) is 6.05. The summed E-state index contributed by atoms with van der Waals surface area (Å²) >= 11 is 0.638. The van der Waals surface area contributed by atoms with Gasteiger partial charge in [0.25, 0.3) is 0 Å². The van der Waals surface area contributed by atoms with Gasteiger partial charge in [0.15, 0.2) is 5.13 Å². The molecule has 1 aliphatic heterocycles. The molecule has 0 aromatic carbocycles. The molecule has 0 spiro atoms. The Morgan fingerprint density at radius 3 is 2.50 bits per heavy atom. The molecule has 0 aliphatic carbocycles. The lowest BCUT2D eigenvalue weighted by Crippen LogP contribution is -2.37. The summed E-state index contributed by atoms with van der Waals surface area (Å²) in [4.78, 5) is 4.82. The van der Waals surface area contributed by atoms with Gasteiger partial charge in [0.05, 0.1) is 6.20 Å². The molecule has 1 fully saturated rings. The fourth-order valence-electron chi connectivity index (χ4n) is 1.37. The summed E-state index contributed by atoms with van der Waals surface area (Å²) in [6, 6.07) is 0. The van der Waals surface area contributed by atoms with E-state index < -0.39 is 21.9 Å². The third-order valence-electron chi connectivity index (χ3n) is 2.22. The lowest BCUT2D eigenvalue weighted by molar-refractivity contribution is -0.134. The van der Waals surface area contributed by atoms with Gasteiger partial charge in [-0.1, -0.05) is 11.3 Å². The van der Waals surface area contributed by atoms with Gasteiger partial charge < -0.3 is 4.90 Å². The van der Waals surface area contributed by atoms with Crippen LogP contribution in [0.2, 0.25) is 0 Å². The van der Waals surface area contributed by atoms with Crippen LogP contribution in [0, 0.1) is 0 Å². The molecule has 16 heavy (non-hydrogen) atoms. The van der Waals surface area contributed by atoms with E-state index in [1.54, 1.807) is 4.90 Å². The molecule has 1 saturated heterocycles. The van der Waals surface area contributed by atoms with Crippen molar-refractivity contribution in [3.63, 3.8) is 0 Å². The van der Waals surface area contributed by atoms with Crippen molar-refractivity contribution in [2.24, 2.45) is 0 Å². The fraction of sp³-hybridized carbons (Fsp3) is 0.625. The minimum Gasteiger partial charge on any atom is -0.346 e. The van der Waals surface area contributed by atoms with E-state index in [1.807, 2.05) is 0 Å². The molecular weight excluding hydrogens is 261 g/mol. The van der Waals surface area contributed by atoms with Gasteiger partial charge in [-0.25, -0.2) is 4.98 Å². The SMILES string of the molecule is O=S1CCN(c2ncc(C(F)(F)F)s2)CC1. The molecule has 0 unspecified atom stereocenters. The first-order valence-corrected chi connectivity index (χ1v) is 6.90. The quantitative estimate of drug-likeness (QED) is 0.779. The number of hydrogen-bond donors (Lipinski definition) is 0. The first kappa shape index (κ1) is 11.8. The standard InChI is InChI=1S/C8H9F3N2OS2/c9-8(10,11)6-5-12-7(15-6)13-1-3-16(14)4-2-13/h5H,1-4H2. The third kappa shape index (κ3) is 2.54. The van der Waals surface area contributed by atoms with Gasteiger partial charge in [0.2, 0.25) is 0 Å². The lowest BCUT2D eigenvalue weighted by atomic mass is 10.5. The zero-order chi connectivity index (χ0) is 11.8. The minimum atomic E-state index is -4.32. The zero-order valence-electron chi connectivity index (χ0n) is 8.16. The van der Waals surface area contributed by atoms with E-state index in [9.17, 15) is 17.4 Å². The number of hydrogen-bond acceptors (Lipinski definition) is 4. The van der Waals surface area contributed by atoms with E-state index in [-0.39, 0.29) is 0 Å². The van der Waals surface area contributed by atoms with Crippen molar-refractivity contribution in [3.05, 3.63) is 11.1 Å². The molecule has 0 N–H and O–H groups in total. The molecule has 0 radical (unpaired) electrons. The van der Waals surface area contributed by atoms with Crippen LogP contribution in [0.1, 0.15) is 4.88 Å². The highest BCUT2D eigenvalue weighted by Crippen LogP contribution is 2.36. The number of alkyl halides is 3. The summed E-state index contributed by atoms with van der Waals surface area (Å²) in [5.74, 6) is 1.00.